The van der Waals surface area contributed by atoms with Crippen LogP contribution < -0.4 is 15.6 Å². The number of H-pyrrole nitrogens is 1. The molecule has 0 spiro atoms. The minimum Gasteiger partial charge on any atom is -0.496 e. The van der Waals surface area contributed by atoms with Crippen molar-refractivity contribution in [1.82, 2.24) is 20.0 Å². The van der Waals surface area contributed by atoms with Gasteiger partial charge in [-0.15, -0.1) is 0 Å². The molecule has 0 unspecified atom stereocenters. The Labute approximate surface area is 222 Å². The predicted molar refractivity (Wildman–Crippen MR) is 143 cm³/mol. The first-order valence-corrected chi connectivity index (χ1v) is 11.9. The largest absolute Gasteiger partial charge is 0.496 e. The zero-order valence-electron chi connectivity index (χ0n) is 21.0. The van der Waals surface area contributed by atoms with Crippen molar-refractivity contribution >= 4 is 23.7 Å². The Bertz CT molecular complexity index is 1700. The molecule has 4 aromatic rings. The number of nitrogens with one attached hydrogen (secondary N) is 2. The third-order valence-electron chi connectivity index (χ3n) is 6.31. The molecule has 1 aliphatic heterocycles. The predicted octanol–water partition coefficient (Wildman–Crippen LogP) is 4.15. The van der Waals surface area contributed by atoms with E-state index in [1.165, 1.54) is 36.1 Å². The van der Waals surface area contributed by atoms with Crippen LogP contribution in [0.5, 0.6) is 5.75 Å². The third kappa shape index (κ3) is 4.80. The molecular formula is C28H23N5O6. The first kappa shape index (κ1) is 25.2. The van der Waals surface area contributed by atoms with Crippen molar-refractivity contribution in [3.8, 4) is 22.7 Å². The molecule has 196 valence electrons. The molecule has 0 saturated carbocycles. The Morgan fingerprint density at radius 1 is 1.00 bits per heavy atom. The van der Waals surface area contributed by atoms with Crippen LogP contribution in [0.15, 0.2) is 83.3 Å². The number of nitrogens with zero attached hydrogens (tertiary/aromatic N) is 3. The first-order valence-electron chi connectivity index (χ1n) is 11.9. The molecule has 5 rings (SSSR count). The lowest BCUT2D eigenvalue weighted by Gasteiger charge is -2.11. The lowest BCUT2D eigenvalue weighted by atomic mass is 10.1. The number of ether oxygens (including phenoxy) is 1. The van der Waals surface area contributed by atoms with Gasteiger partial charge in [0, 0.05) is 17.7 Å². The standard InChI is InChI=1S/C28H23N5O6/c1-17-10-12-19(13-11-17)32-26(34)22(25(30-32)21-8-3-4-9-24(21)39-2)15-23-27(35)31(28(36)29-23)16-18-6-5-7-20(14-18)33(37)38/h3-15,30H,16H2,1-2H3,(H,29,36)/b23-15-. The zero-order valence-corrected chi connectivity index (χ0v) is 21.0. The number of nitro benzene ring substituents is 1. The Balaban J connectivity index is 1.58. The number of urea groups is 1. The van der Waals surface area contributed by atoms with Crippen LogP contribution in [-0.4, -0.2) is 38.7 Å². The maximum atomic E-state index is 13.6. The number of nitro groups is 1. The quantitative estimate of drug-likeness (QED) is 0.161. The monoisotopic (exact) mass is 525 g/mol. The van der Waals surface area contributed by atoms with Crippen molar-refractivity contribution < 1.29 is 19.2 Å². The Kier molecular flexibility index (Phi) is 6.55. The van der Waals surface area contributed by atoms with Crippen LogP contribution in [0.25, 0.3) is 23.0 Å². The van der Waals surface area contributed by atoms with E-state index in [1.807, 2.05) is 19.1 Å². The number of para-hydroxylation sites is 1. The molecular weight excluding hydrogens is 502 g/mol. The average molecular weight is 526 g/mol. The van der Waals surface area contributed by atoms with E-state index in [9.17, 15) is 24.5 Å². The van der Waals surface area contributed by atoms with Gasteiger partial charge in [-0.2, -0.15) is 0 Å². The lowest BCUT2D eigenvalue weighted by Crippen LogP contribution is -2.30. The van der Waals surface area contributed by atoms with Crippen molar-refractivity contribution in [1.29, 1.82) is 0 Å². The van der Waals surface area contributed by atoms with E-state index in [-0.39, 0.29) is 23.5 Å². The van der Waals surface area contributed by atoms with Crippen molar-refractivity contribution in [3.05, 3.63) is 116 Å². The number of methoxy groups -OCH3 is 1. The molecule has 3 amide bonds. The molecule has 2 N–H and O–H groups in total. The minimum absolute atomic E-state index is 0.103. The second kappa shape index (κ2) is 10.1. The highest BCUT2D eigenvalue weighted by molar-refractivity contribution is 6.14. The molecule has 1 fully saturated rings. The normalized spacial score (nSPS) is 14.1. The summed E-state index contributed by atoms with van der Waals surface area (Å²) in [7, 11) is 1.51. The maximum absolute atomic E-state index is 13.6. The van der Waals surface area contributed by atoms with Gasteiger partial charge in [0.15, 0.2) is 0 Å². The smallest absolute Gasteiger partial charge is 0.329 e. The van der Waals surface area contributed by atoms with Gasteiger partial charge in [-0.1, -0.05) is 42.0 Å². The van der Waals surface area contributed by atoms with Gasteiger partial charge in [-0.3, -0.25) is 29.7 Å². The number of imide groups is 1. The van der Waals surface area contributed by atoms with Crippen LogP contribution in [0.2, 0.25) is 0 Å². The fourth-order valence-corrected chi connectivity index (χ4v) is 4.33. The van der Waals surface area contributed by atoms with Crippen molar-refractivity contribution in [2.45, 2.75) is 13.5 Å². The summed E-state index contributed by atoms with van der Waals surface area (Å²) < 4.78 is 6.86. The summed E-state index contributed by atoms with van der Waals surface area (Å²) in [4.78, 5) is 51.1. The van der Waals surface area contributed by atoms with Gasteiger partial charge in [-0.05, 0) is 42.8 Å². The highest BCUT2D eigenvalue weighted by Gasteiger charge is 2.34. The molecule has 1 saturated heterocycles. The zero-order chi connectivity index (χ0) is 27.7. The second-order valence-electron chi connectivity index (χ2n) is 8.88. The average Bonchev–Trinajstić information content (AvgIpc) is 3.40. The maximum Gasteiger partial charge on any atom is 0.329 e. The molecule has 3 aromatic carbocycles. The molecule has 0 bridgehead atoms. The van der Waals surface area contributed by atoms with E-state index < -0.39 is 22.4 Å². The first-order chi connectivity index (χ1) is 18.8. The topological polar surface area (TPSA) is 140 Å². The second-order valence-corrected chi connectivity index (χ2v) is 8.88. The van der Waals surface area contributed by atoms with Crippen molar-refractivity contribution in [2.24, 2.45) is 0 Å². The van der Waals surface area contributed by atoms with E-state index in [0.717, 1.165) is 10.5 Å². The van der Waals surface area contributed by atoms with E-state index >= 15 is 0 Å². The van der Waals surface area contributed by atoms with Gasteiger partial charge in [0.25, 0.3) is 17.2 Å². The molecule has 11 nitrogen and oxygen atoms in total. The van der Waals surface area contributed by atoms with Crippen LogP contribution in [0.1, 0.15) is 16.7 Å². The Morgan fingerprint density at radius 3 is 2.46 bits per heavy atom. The van der Waals surface area contributed by atoms with Gasteiger partial charge in [0.1, 0.15) is 11.4 Å². The summed E-state index contributed by atoms with van der Waals surface area (Å²) in [5.74, 6) is -0.163. The van der Waals surface area contributed by atoms with E-state index in [4.69, 9.17) is 4.74 Å². The number of aromatic amines is 1. The number of amides is 3. The van der Waals surface area contributed by atoms with E-state index in [2.05, 4.69) is 10.4 Å². The molecule has 0 atom stereocenters. The molecule has 11 heteroatoms. The molecule has 39 heavy (non-hydrogen) atoms. The van der Waals surface area contributed by atoms with Crippen LogP contribution >= 0.6 is 0 Å². The highest BCUT2D eigenvalue weighted by Crippen LogP contribution is 2.31. The minimum atomic E-state index is -0.703. The third-order valence-corrected chi connectivity index (χ3v) is 6.31. The highest BCUT2D eigenvalue weighted by atomic mass is 16.6. The van der Waals surface area contributed by atoms with Gasteiger partial charge in [-0.25, -0.2) is 9.48 Å². The Morgan fingerprint density at radius 2 is 1.74 bits per heavy atom. The number of hydrogen-bond donors (Lipinski definition) is 2. The van der Waals surface area contributed by atoms with Crippen LogP contribution in [0.4, 0.5) is 10.5 Å². The van der Waals surface area contributed by atoms with E-state index in [1.54, 1.807) is 42.5 Å². The van der Waals surface area contributed by atoms with Crippen LogP contribution in [0.3, 0.4) is 0 Å². The number of rotatable bonds is 7. The molecule has 0 radical (unpaired) electrons. The summed E-state index contributed by atoms with van der Waals surface area (Å²) in [5.41, 5.74) is 2.44. The number of benzene rings is 3. The van der Waals surface area contributed by atoms with Crippen molar-refractivity contribution in [3.63, 3.8) is 0 Å². The lowest BCUT2D eigenvalue weighted by molar-refractivity contribution is -0.384. The number of hydrogen-bond acceptors (Lipinski definition) is 6. The SMILES string of the molecule is COc1ccccc1-c1[nH]n(-c2ccc(C)cc2)c(=O)c1/C=C1\NC(=O)N(Cc2cccc([N+](=O)[O-])c2)C1=O. The molecule has 2 heterocycles. The summed E-state index contributed by atoms with van der Waals surface area (Å²) in [5, 5.41) is 16.8. The number of carbonyl (C=O) groups is 2. The van der Waals surface area contributed by atoms with Gasteiger partial charge in [0.05, 0.1) is 35.5 Å². The summed E-state index contributed by atoms with van der Waals surface area (Å²) in [6.45, 7) is 1.76. The Hall–Kier alpha value is -5.45. The number of aryl methyl sites for hydroxylation is 1. The summed E-state index contributed by atoms with van der Waals surface area (Å²) in [6, 6.07) is 19.4. The van der Waals surface area contributed by atoms with Gasteiger partial charge >= 0.3 is 6.03 Å². The number of aromatic nitrogens is 2. The van der Waals surface area contributed by atoms with Crippen LogP contribution in [0, 0.1) is 17.0 Å². The molecule has 1 aromatic heterocycles. The van der Waals surface area contributed by atoms with E-state index in [0.29, 0.717) is 28.3 Å². The van der Waals surface area contributed by atoms with Gasteiger partial charge in [0.2, 0.25) is 0 Å². The fraction of sp³-hybridized carbons (Fsp3) is 0.107. The fourth-order valence-electron chi connectivity index (χ4n) is 4.33. The summed E-state index contributed by atoms with van der Waals surface area (Å²) in [6.07, 6.45) is 1.33. The summed E-state index contributed by atoms with van der Waals surface area (Å²) >= 11 is 0. The number of non-ortho nitro benzene ring substituents is 1. The number of carbonyl (C=O) groups excluding carboxylic acids is 2. The molecule has 1 aliphatic rings. The van der Waals surface area contributed by atoms with Gasteiger partial charge < -0.3 is 10.1 Å². The van der Waals surface area contributed by atoms with Crippen LogP contribution in [-0.2, 0) is 11.3 Å². The van der Waals surface area contributed by atoms with Crippen molar-refractivity contribution in [2.75, 3.05) is 7.11 Å². The molecule has 0 aliphatic carbocycles.